The average Bonchev–Trinajstić information content (AvgIpc) is 3.47. The Bertz CT molecular complexity index is 1160. The summed E-state index contributed by atoms with van der Waals surface area (Å²) in [4.78, 5) is 13.0. The number of hydrogen-bond donors (Lipinski definition) is 2. The van der Waals surface area contributed by atoms with E-state index in [0.717, 1.165) is 52.1 Å². The molecule has 0 aliphatic carbocycles. The molecule has 0 saturated heterocycles. The topological polar surface area (TPSA) is 52.5 Å². The van der Waals surface area contributed by atoms with E-state index in [9.17, 15) is 0 Å². The molecule has 4 aliphatic rings. The largest absolute Gasteiger partial charge is 0.376 e. The summed E-state index contributed by atoms with van der Waals surface area (Å²) in [5.74, 6) is 0. The first kappa shape index (κ1) is 17.9. The van der Waals surface area contributed by atoms with Crippen LogP contribution in [0.2, 0.25) is 0 Å². The highest BCUT2D eigenvalue weighted by Crippen LogP contribution is 2.32. The second-order valence-corrected chi connectivity index (χ2v) is 8.14. The summed E-state index contributed by atoms with van der Waals surface area (Å²) in [6.45, 7) is 2.25. The van der Waals surface area contributed by atoms with Crippen LogP contribution in [0.25, 0.3) is 12.2 Å². The minimum absolute atomic E-state index is 0.0716. The second kappa shape index (κ2) is 7.36. The van der Waals surface area contributed by atoms with Crippen LogP contribution in [0.5, 0.6) is 0 Å². The molecule has 8 bridgehead atoms. The Hall–Kier alpha value is -3.14. The molecule has 29 heavy (non-hydrogen) atoms. The second-order valence-electron chi connectivity index (χ2n) is 8.14. The zero-order valence-electron chi connectivity index (χ0n) is 16.8. The third-order valence-electron chi connectivity index (χ3n) is 5.74. The summed E-state index contributed by atoms with van der Waals surface area (Å²) >= 11 is 0. The van der Waals surface area contributed by atoms with Gasteiger partial charge in [0.1, 0.15) is 0 Å². The number of unbranched alkanes of at least 4 members (excludes halogenated alkanes) is 2. The number of aromatic nitrogens is 1. The van der Waals surface area contributed by atoms with Crippen molar-refractivity contribution in [3.05, 3.63) is 82.5 Å². The van der Waals surface area contributed by atoms with Gasteiger partial charge in [0.05, 0.1) is 28.4 Å². The molecule has 146 valence electrons. The minimum atomic E-state index is -0.0716. The van der Waals surface area contributed by atoms with Crippen LogP contribution in [0.4, 0.5) is 0 Å². The van der Waals surface area contributed by atoms with Gasteiger partial charge in [0.15, 0.2) is 0 Å². The van der Waals surface area contributed by atoms with Gasteiger partial charge < -0.3 is 10.3 Å². The number of rotatable bonds is 4. The molecule has 0 spiro atoms. The Kier molecular flexibility index (Phi) is 4.55. The number of aromatic amines is 1. The molecule has 0 radical (unpaired) electrons. The van der Waals surface area contributed by atoms with E-state index < -0.39 is 0 Å². The van der Waals surface area contributed by atoms with Crippen molar-refractivity contribution in [2.75, 3.05) is 0 Å². The highest BCUT2D eigenvalue weighted by molar-refractivity contribution is 6.20. The number of nitrogens with zero attached hydrogens (tertiary/aromatic N) is 2. The summed E-state index contributed by atoms with van der Waals surface area (Å²) in [6, 6.07) is 4.16. The molecule has 0 fully saturated rings. The van der Waals surface area contributed by atoms with E-state index in [0.29, 0.717) is 0 Å². The number of allylic oxidation sites excluding steroid dienone is 5. The molecule has 0 aromatic carbocycles. The SMILES string of the molecule is CCCCCC12C=C3C=CC(=N3)C=c3ccc([nH]3)=CC3=NC(=CC(=CC1)N2)C=C3. The summed E-state index contributed by atoms with van der Waals surface area (Å²) < 4.78 is 0. The van der Waals surface area contributed by atoms with Crippen LogP contribution in [-0.2, 0) is 0 Å². The Morgan fingerprint density at radius 1 is 0.897 bits per heavy atom. The van der Waals surface area contributed by atoms with Gasteiger partial charge in [-0.3, -0.25) is 0 Å². The van der Waals surface area contributed by atoms with Gasteiger partial charge in [-0.2, -0.15) is 0 Å². The van der Waals surface area contributed by atoms with Gasteiger partial charge in [-0.15, -0.1) is 0 Å². The van der Waals surface area contributed by atoms with Crippen LogP contribution in [0.3, 0.4) is 0 Å². The molecule has 0 saturated carbocycles. The Morgan fingerprint density at radius 3 is 2.38 bits per heavy atom. The quantitative estimate of drug-likeness (QED) is 0.769. The van der Waals surface area contributed by atoms with E-state index in [1.165, 1.54) is 19.3 Å². The van der Waals surface area contributed by atoms with Crippen LogP contribution in [0.15, 0.2) is 81.7 Å². The molecule has 0 amide bonds. The Morgan fingerprint density at radius 2 is 1.62 bits per heavy atom. The Labute approximate surface area is 171 Å². The molecule has 4 aliphatic heterocycles. The van der Waals surface area contributed by atoms with Crippen molar-refractivity contribution in [3.8, 4) is 0 Å². The molecule has 4 nitrogen and oxygen atoms in total. The van der Waals surface area contributed by atoms with Crippen LogP contribution in [0.1, 0.15) is 39.0 Å². The standard InChI is InChI=1S/C25H26N4/c1-2-3-4-12-25-13-11-23(29-25)16-22-8-7-19(27-22)14-18-5-6-20(26-18)15-21-9-10-24(17-25)28-21/h5-11,14-17,26,29H,2-4,12-13H2,1H3. The van der Waals surface area contributed by atoms with Crippen molar-refractivity contribution in [2.45, 2.75) is 44.6 Å². The van der Waals surface area contributed by atoms with Crippen LogP contribution in [0, 0.1) is 0 Å². The first-order valence-corrected chi connectivity index (χ1v) is 10.5. The van der Waals surface area contributed by atoms with Crippen molar-refractivity contribution in [3.63, 3.8) is 0 Å². The van der Waals surface area contributed by atoms with Crippen molar-refractivity contribution < 1.29 is 0 Å². The lowest BCUT2D eigenvalue weighted by Crippen LogP contribution is -2.38. The van der Waals surface area contributed by atoms with Gasteiger partial charge >= 0.3 is 0 Å². The predicted molar refractivity (Wildman–Crippen MR) is 121 cm³/mol. The van der Waals surface area contributed by atoms with Gasteiger partial charge in [-0.05, 0) is 73.6 Å². The van der Waals surface area contributed by atoms with Gasteiger partial charge in [-0.25, -0.2) is 9.98 Å². The first-order chi connectivity index (χ1) is 14.2. The molecule has 5 heterocycles. The molecule has 2 N–H and O–H groups in total. The summed E-state index contributed by atoms with van der Waals surface area (Å²) in [5.41, 5.74) is 5.04. The average molecular weight is 383 g/mol. The molecule has 4 heteroatoms. The van der Waals surface area contributed by atoms with Crippen LogP contribution >= 0.6 is 0 Å². The predicted octanol–water partition coefficient (Wildman–Crippen LogP) is 3.58. The normalized spacial score (nSPS) is 24.1. The summed E-state index contributed by atoms with van der Waals surface area (Å²) in [7, 11) is 0. The molecular weight excluding hydrogens is 356 g/mol. The fraction of sp³-hybridized carbons (Fsp3) is 0.280. The Balaban J connectivity index is 1.58. The van der Waals surface area contributed by atoms with Crippen LogP contribution < -0.4 is 16.0 Å². The van der Waals surface area contributed by atoms with Crippen molar-refractivity contribution in [1.82, 2.24) is 10.3 Å². The van der Waals surface area contributed by atoms with E-state index >= 15 is 0 Å². The lowest BCUT2D eigenvalue weighted by Gasteiger charge is -2.28. The molecule has 5 rings (SSSR count). The first-order valence-electron chi connectivity index (χ1n) is 10.5. The van der Waals surface area contributed by atoms with Gasteiger partial charge in [0.2, 0.25) is 0 Å². The van der Waals surface area contributed by atoms with Crippen molar-refractivity contribution in [1.29, 1.82) is 0 Å². The van der Waals surface area contributed by atoms with Crippen LogP contribution in [-0.4, -0.2) is 21.9 Å². The van der Waals surface area contributed by atoms with E-state index in [4.69, 9.17) is 9.98 Å². The smallest absolute Gasteiger partial charge is 0.0658 e. The number of H-pyrrole nitrogens is 1. The molecule has 1 unspecified atom stereocenters. The fourth-order valence-electron chi connectivity index (χ4n) is 4.27. The third kappa shape index (κ3) is 3.88. The molecule has 1 atom stereocenters. The lowest BCUT2D eigenvalue weighted by atomic mass is 9.89. The van der Waals surface area contributed by atoms with Crippen molar-refractivity contribution >= 4 is 23.6 Å². The number of hydrogen-bond acceptors (Lipinski definition) is 3. The van der Waals surface area contributed by atoms with Gasteiger partial charge in [-0.1, -0.05) is 32.3 Å². The summed E-state index contributed by atoms with van der Waals surface area (Å²) in [6.07, 6.45) is 25.1. The molecule has 1 aromatic heterocycles. The molecule has 1 aromatic rings. The van der Waals surface area contributed by atoms with E-state index in [1.54, 1.807) is 0 Å². The maximum atomic E-state index is 4.85. The fourth-order valence-corrected chi connectivity index (χ4v) is 4.27. The number of aliphatic imine (C=N–C) groups is 2. The zero-order chi connectivity index (χ0) is 19.7. The number of nitrogens with one attached hydrogen (secondary N) is 2. The van der Waals surface area contributed by atoms with E-state index in [2.05, 4.69) is 84.0 Å². The highest BCUT2D eigenvalue weighted by atomic mass is 15.0. The minimum Gasteiger partial charge on any atom is -0.376 e. The third-order valence-corrected chi connectivity index (χ3v) is 5.74. The monoisotopic (exact) mass is 382 g/mol. The highest BCUT2D eigenvalue weighted by Gasteiger charge is 2.31. The van der Waals surface area contributed by atoms with E-state index in [-0.39, 0.29) is 5.54 Å². The zero-order valence-corrected chi connectivity index (χ0v) is 16.8. The maximum Gasteiger partial charge on any atom is 0.0658 e. The van der Waals surface area contributed by atoms with E-state index in [1.807, 2.05) is 0 Å². The lowest BCUT2D eigenvalue weighted by molar-refractivity contribution is 0.420. The van der Waals surface area contributed by atoms with Crippen molar-refractivity contribution in [2.24, 2.45) is 9.98 Å². The summed E-state index contributed by atoms with van der Waals surface area (Å²) in [5, 5.41) is 5.88. The van der Waals surface area contributed by atoms with Gasteiger partial charge in [0, 0.05) is 16.4 Å². The van der Waals surface area contributed by atoms with Gasteiger partial charge in [0.25, 0.3) is 0 Å². The molecular formula is C25H26N4. The number of fused-ring (bicyclic) bond motifs is 6. The maximum absolute atomic E-state index is 4.85.